The molecule has 3 nitrogen and oxygen atoms in total. The van der Waals surface area contributed by atoms with Crippen LogP contribution in [0, 0.1) is 0 Å². The lowest BCUT2D eigenvalue weighted by molar-refractivity contribution is -0.120. The van der Waals surface area contributed by atoms with Crippen LogP contribution in [0.4, 0.5) is 13.6 Å². The molecule has 2 rings (SSSR count). The second-order valence-corrected chi connectivity index (χ2v) is 3.30. The second kappa shape index (κ2) is 2.31. The highest BCUT2D eigenvalue weighted by Crippen LogP contribution is 2.30. The topological polar surface area (TPSA) is 29.5 Å². The zero-order valence-electron chi connectivity index (χ0n) is 6.43. The van der Waals surface area contributed by atoms with Crippen LogP contribution >= 0.6 is 0 Å². The highest BCUT2D eigenvalue weighted by molar-refractivity contribution is 5.69. The molecule has 0 unspecified atom stereocenters. The number of nitrogens with zero attached hydrogens (tertiary/aromatic N) is 1. The molecular weight excluding hydrogens is 168 g/mol. The van der Waals surface area contributed by atoms with Gasteiger partial charge < -0.3 is 4.74 Å². The first-order valence-corrected chi connectivity index (χ1v) is 3.90. The summed E-state index contributed by atoms with van der Waals surface area (Å²) in [6, 6.07) is 0. The first kappa shape index (κ1) is 7.76. The molecule has 68 valence electrons. The van der Waals surface area contributed by atoms with E-state index in [-0.39, 0.29) is 6.10 Å². The summed E-state index contributed by atoms with van der Waals surface area (Å²) in [4.78, 5) is 12.0. The molecule has 0 atom stereocenters. The van der Waals surface area contributed by atoms with Crippen molar-refractivity contribution in [2.45, 2.75) is 24.9 Å². The van der Waals surface area contributed by atoms with Crippen molar-refractivity contribution >= 4 is 6.09 Å². The highest BCUT2D eigenvalue weighted by Gasteiger charge is 2.47. The van der Waals surface area contributed by atoms with Crippen molar-refractivity contribution in [2.24, 2.45) is 0 Å². The largest absolute Gasteiger partial charge is 0.446 e. The second-order valence-electron chi connectivity index (χ2n) is 3.30. The minimum absolute atomic E-state index is 0.00766. The molecule has 5 heteroatoms. The van der Waals surface area contributed by atoms with Crippen LogP contribution in [0.15, 0.2) is 0 Å². The Balaban J connectivity index is 1.75. The molecule has 1 amide bonds. The normalized spacial score (nSPS) is 26.3. The third-order valence-electron chi connectivity index (χ3n) is 1.89. The van der Waals surface area contributed by atoms with Gasteiger partial charge in [-0.3, -0.25) is 4.90 Å². The van der Waals surface area contributed by atoms with Gasteiger partial charge in [-0.1, -0.05) is 0 Å². The predicted molar refractivity (Wildman–Crippen MR) is 36.0 cm³/mol. The van der Waals surface area contributed by atoms with Gasteiger partial charge in [0.1, 0.15) is 6.10 Å². The van der Waals surface area contributed by atoms with Gasteiger partial charge in [-0.05, 0) is 12.8 Å². The zero-order valence-corrected chi connectivity index (χ0v) is 6.43. The van der Waals surface area contributed by atoms with E-state index in [4.69, 9.17) is 4.74 Å². The number of likely N-dealkylation sites (tertiary alicyclic amines) is 1. The fraction of sp³-hybridized carbons (Fsp3) is 0.857. The summed E-state index contributed by atoms with van der Waals surface area (Å²) in [5.41, 5.74) is 0. The molecule has 1 heterocycles. The first-order valence-electron chi connectivity index (χ1n) is 3.90. The van der Waals surface area contributed by atoms with Gasteiger partial charge in [-0.25, -0.2) is 13.6 Å². The summed E-state index contributed by atoms with van der Waals surface area (Å²) in [7, 11) is 0. The molecular formula is C7H9F2NO2. The lowest BCUT2D eigenvalue weighted by atomic mass is 10.2. The van der Waals surface area contributed by atoms with Crippen LogP contribution < -0.4 is 0 Å². The molecule has 1 saturated heterocycles. The predicted octanol–water partition coefficient (Wildman–Crippen LogP) is 1.24. The molecule has 12 heavy (non-hydrogen) atoms. The van der Waals surface area contributed by atoms with E-state index in [9.17, 15) is 13.6 Å². The van der Waals surface area contributed by atoms with E-state index in [1.807, 2.05) is 0 Å². The van der Waals surface area contributed by atoms with Crippen LogP contribution in [-0.4, -0.2) is 36.1 Å². The number of carbonyl (C=O) groups is 1. The average molecular weight is 177 g/mol. The van der Waals surface area contributed by atoms with Crippen LogP contribution in [0.2, 0.25) is 0 Å². The maximum absolute atomic E-state index is 12.3. The van der Waals surface area contributed by atoms with E-state index in [0.717, 1.165) is 17.7 Å². The van der Waals surface area contributed by atoms with E-state index in [0.29, 0.717) is 0 Å². The molecule has 0 aromatic carbocycles. The summed E-state index contributed by atoms with van der Waals surface area (Å²) >= 11 is 0. The number of ether oxygens (including phenoxy) is 1. The van der Waals surface area contributed by atoms with E-state index >= 15 is 0 Å². The van der Waals surface area contributed by atoms with Gasteiger partial charge in [-0.2, -0.15) is 0 Å². The fourth-order valence-corrected chi connectivity index (χ4v) is 1.04. The summed E-state index contributed by atoms with van der Waals surface area (Å²) < 4.78 is 29.3. The molecule has 0 radical (unpaired) electrons. The number of hydrogen-bond acceptors (Lipinski definition) is 2. The Morgan fingerprint density at radius 2 is 2.00 bits per heavy atom. The van der Waals surface area contributed by atoms with Crippen molar-refractivity contribution < 1.29 is 18.3 Å². The molecule has 2 aliphatic rings. The van der Waals surface area contributed by atoms with Crippen molar-refractivity contribution in [3.63, 3.8) is 0 Å². The van der Waals surface area contributed by atoms with Crippen LogP contribution in [0.5, 0.6) is 0 Å². The van der Waals surface area contributed by atoms with Gasteiger partial charge in [-0.15, -0.1) is 0 Å². The Morgan fingerprint density at radius 1 is 1.42 bits per heavy atom. The Bertz CT molecular complexity index is 207. The van der Waals surface area contributed by atoms with Crippen molar-refractivity contribution in [1.82, 2.24) is 4.90 Å². The van der Waals surface area contributed by atoms with Gasteiger partial charge in [0.2, 0.25) is 0 Å². The standard InChI is InChI=1S/C7H9F2NO2/c8-7(9)3-10(4-7)6(11)12-5-1-2-5/h5H,1-4H2. The van der Waals surface area contributed by atoms with E-state index in [2.05, 4.69) is 0 Å². The van der Waals surface area contributed by atoms with Gasteiger partial charge in [0.05, 0.1) is 13.1 Å². The molecule has 0 bridgehead atoms. The van der Waals surface area contributed by atoms with Crippen molar-refractivity contribution in [3.05, 3.63) is 0 Å². The quantitative estimate of drug-likeness (QED) is 0.603. The fourth-order valence-electron chi connectivity index (χ4n) is 1.04. The Morgan fingerprint density at radius 3 is 2.42 bits per heavy atom. The number of amides is 1. The first-order chi connectivity index (χ1) is 5.57. The summed E-state index contributed by atoms with van der Waals surface area (Å²) in [6.07, 6.45) is 1.14. The van der Waals surface area contributed by atoms with E-state index in [1.165, 1.54) is 0 Å². The van der Waals surface area contributed by atoms with Gasteiger partial charge in [0.15, 0.2) is 0 Å². The van der Waals surface area contributed by atoms with E-state index < -0.39 is 25.1 Å². The smallest absolute Gasteiger partial charge is 0.410 e. The maximum Gasteiger partial charge on any atom is 0.410 e. The molecule has 2 fully saturated rings. The minimum Gasteiger partial charge on any atom is -0.446 e. The number of hydrogen-bond donors (Lipinski definition) is 0. The van der Waals surface area contributed by atoms with Crippen LogP contribution in [0.3, 0.4) is 0 Å². The molecule has 1 aliphatic heterocycles. The van der Waals surface area contributed by atoms with Gasteiger partial charge in [0, 0.05) is 0 Å². The number of rotatable bonds is 1. The third-order valence-corrected chi connectivity index (χ3v) is 1.89. The summed E-state index contributed by atoms with van der Waals surface area (Å²) in [5.74, 6) is -2.69. The molecule has 1 aliphatic carbocycles. The van der Waals surface area contributed by atoms with Gasteiger partial charge >= 0.3 is 6.09 Å². The lowest BCUT2D eigenvalue weighted by Crippen LogP contribution is -2.58. The molecule has 0 spiro atoms. The number of halogens is 2. The van der Waals surface area contributed by atoms with Gasteiger partial charge in [0.25, 0.3) is 5.92 Å². The van der Waals surface area contributed by atoms with Crippen LogP contribution in [0.25, 0.3) is 0 Å². The molecule has 0 aromatic heterocycles. The van der Waals surface area contributed by atoms with Crippen LogP contribution in [0.1, 0.15) is 12.8 Å². The Kier molecular flexibility index (Phi) is 1.49. The average Bonchev–Trinajstić information content (AvgIpc) is 2.66. The SMILES string of the molecule is O=C(OC1CC1)N1CC(F)(F)C1. The number of carbonyl (C=O) groups excluding carboxylic acids is 1. The van der Waals surface area contributed by atoms with Crippen molar-refractivity contribution in [3.8, 4) is 0 Å². The van der Waals surface area contributed by atoms with Crippen molar-refractivity contribution in [1.29, 1.82) is 0 Å². The number of alkyl halides is 2. The summed E-state index contributed by atoms with van der Waals surface area (Å²) in [6.45, 7) is -0.975. The molecule has 0 N–H and O–H groups in total. The Hall–Kier alpha value is -0.870. The monoisotopic (exact) mass is 177 g/mol. The van der Waals surface area contributed by atoms with Crippen LogP contribution in [-0.2, 0) is 4.74 Å². The highest BCUT2D eigenvalue weighted by atomic mass is 19.3. The maximum atomic E-state index is 12.3. The lowest BCUT2D eigenvalue weighted by Gasteiger charge is -2.37. The summed E-state index contributed by atoms with van der Waals surface area (Å²) in [5, 5.41) is 0. The van der Waals surface area contributed by atoms with E-state index in [1.54, 1.807) is 0 Å². The Labute approximate surface area is 68.3 Å². The van der Waals surface area contributed by atoms with Crippen molar-refractivity contribution in [2.75, 3.05) is 13.1 Å². The minimum atomic E-state index is -2.69. The third kappa shape index (κ3) is 1.49. The molecule has 0 aromatic rings. The molecule has 1 saturated carbocycles. The zero-order chi connectivity index (χ0) is 8.77.